The molecule has 98 valence electrons. The van der Waals surface area contributed by atoms with Crippen LogP contribution < -0.4 is 0 Å². The van der Waals surface area contributed by atoms with Crippen molar-refractivity contribution in [3.63, 3.8) is 0 Å². The molecule has 1 atom stereocenters. The van der Waals surface area contributed by atoms with Crippen molar-refractivity contribution in [3.05, 3.63) is 42.1 Å². The summed E-state index contributed by atoms with van der Waals surface area (Å²) in [5, 5.41) is 1.11. The number of hydrogen-bond acceptors (Lipinski definition) is 3. The molecule has 2 rings (SSSR count). The molecule has 2 aromatic rings. The van der Waals surface area contributed by atoms with Gasteiger partial charge >= 0.3 is 0 Å². The van der Waals surface area contributed by atoms with E-state index in [9.17, 15) is 0 Å². The first-order valence-corrected chi connectivity index (χ1v) is 6.06. The van der Waals surface area contributed by atoms with Crippen molar-refractivity contribution in [2.75, 3.05) is 6.61 Å². The van der Waals surface area contributed by atoms with Gasteiger partial charge in [-0.3, -0.25) is 4.98 Å². The van der Waals surface area contributed by atoms with Gasteiger partial charge in [0, 0.05) is 23.8 Å². The summed E-state index contributed by atoms with van der Waals surface area (Å²) in [4.78, 5) is 12.3. The molecule has 19 heavy (non-hydrogen) atoms. The van der Waals surface area contributed by atoms with Gasteiger partial charge in [-0.2, -0.15) is 0 Å². The van der Waals surface area contributed by atoms with Crippen LogP contribution >= 0.6 is 0 Å². The number of carbonyl (C=O) groups is 1. The van der Waals surface area contributed by atoms with E-state index in [2.05, 4.69) is 16.8 Å². The lowest BCUT2D eigenvalue weighted by Gasteiger charge is -2.02. The third-order valence-corrected chi connectivity index (χ3v) is 2.44. The van der Waals surface area contributed by atoms with Crippen molar-refractivity contribution in [3.8, 4) is 11.8 Å². The summed E-state index contributed by atoms with van der Waals surface area (Å²) < 4.78 is 5.37. The zero-order chi connectivity index (χ0) is 14.1. The molecule has 1 unspecified atom stereocenters. The number of benzene rings is 1. The molecule has 0 amide bonds. The first-order valence-electron chi connectivity index (χ1n) is 6.06. The fourth-order valence-corrected chi connectivity index (χ4v) is 1.63. The molecule has 0 aliphatic rings. The Labute approximate surface area is 113 Å². The van der Waals surface area contributed by atoms with Crippen LogP contribution in [0.5, 0.6) is 0 Å². The number of ether oxygens (including phenoxy) is 1. The maximum atomic E-state index is 8.00. The predicted molar refractivity (Wildman–Crippen MR) is 76.8 cm³/mol. The maximum Gasteiger partial charge on any atom is 0.115 e. The Morgan fingerprint density at radius 1 is 1.37 bits per heavy atom. The quantitative estimate of drug-likeness (QED) is 0.775. The summed E-state index contributed by atoms with van der Waals surface area (Å²) in [5.74, 6) is 6.19. The Bertz CT molecular complexity index is 584. The van der Waals surface area contributed by atoms with Crippen LogP contribution in [0, 0.1) is 11.8 Å². The minimum atomic E-state index is -0.0235. The van der Waals surface area contributed by atoms with Gasteiger partial charge in [0.05, 0.1) is 5.52 Å². The van der Waals surface area contributed by atoms with Crippen LogP contribution in [0.25, 0.3) is 10.9 Å². The number of pyridine rings is 1. The Balaban J connectivity index is 0.000000861. The molecule has 0 aliphatic carbocycles. The van der Waals surface area contributed by atoms with Crippen LogP contribution in [0.3, 0.4) is 0 Å². The molecule has 0 aliphatic heterocycles. The van der Waals surface area contributed by atoms with E-state index in [0.29, 0.717) is 6.61 Å². The van der Waals surface area contributed by atoms with Gasteiger partial charge in [-0.1, -0.05) is 17.9 Å². The molecule has 0 N–H and O–H groups in total. The van der Waals surface area contributed by atoms with E-state index in [1.807, 2.05) is 51.0 Å². The number of rotatable bonds is 2. The Kier molecular flexibility index (Phi) is 6.28. The van der Waals surface area contributed by atoms with E-state index in [1.54, 1.807) is 6.20 Å². The standard InChI is InChI=1S/C15H15NO.CH2O/c1-3-17-12(2)6-7-13-8-9-15-14(11-13)5-4-10-16-15;1-2/h4-5,8-12H,3H2,1-2H3;1H2. The molecule has 0 radical (unpaired) electrons. The molecule has 0 saturated heterocycles. The lowest BCUT2D eigenvalue weighted by Crippen LogP contribution is -2.03. The topological polar surface area (TPSA) is 39.2 Å². The SMILES string of the molecule is C=O.CCOC(C)C#Cc1ccc2ncccc2c1. The van der Waals surface area contributed by atoms with Gasteiger partial charge in [0.15, 0.2) is 0 Å². The van der Waals surface area contributed by atoms with Crippen LogP contribution in [-0.2, 0) is 9.53 Å². The largest absolute Gasteiger partial charge is 0.366 e. The number of carbonyl (C=O) groups excluding carboxylic acids is 1. The average Bonchev–Trinajstić information content (AvgIpc) is 2.47. The van der Waals surface area contributed by atoms with E-state index in [1.165, 1.54) is 0 Å². The molecule has 1 aromatic carbocycles. The number of hydrogen-bond donors (Lipinski definition) is 0. The van der Waals surface area contributed by atoms with Gasteiger partial charge in [-0.15, -0.1) is 0 Å². The number of fused-ring (bicyclic) bond motifs is 1. The van der Waals surface area contributed by atoms with Crippen molar-refractivity contribution in [1.29, 1.82) is 0 Å². The van der Waals surface area contributed by atoms with Gasteiger partial charge in [0.2, 0.25) is 0 Å². The van der Waals surface area contributed by atoms with Crippen LogP contribution in [0.1, 0.15) is 19.4 Å². The molecule has 3 heteroatoms. The van der Waals surface area contributed by atoms with E-state index in [4.69, 9.17) is 9.53 Å². The van der Waals surface area contributed by atoms with Crippen LogP contribution in [0.2, 0.25) is 0 Å². The van der Waals surface area contributed by atoms with Crippen LogP contribution in [0.4, 0.5) is 0 Å². The van der Waals surface area contributed by atoms with Crippen LogP contribution in [-0.4, -0.2) is 24.5 Å². The summed E-state index contributed by atoms with van der Waals surface area (Å²) in [7, 11) is 0. The van der Waals surface area contributed by atoms with Crippen LogP contribution in [0.15, 0.2) is 36.5 Å². The third kappa shape index (κ3) is 4.53. The van der Waals surface area contributed by atoms with Crippen molar-refractivity contribution < 1.29 is 9.53 Å². The highest BCUT2D eigenvalue weighted by molar-refractivity contribution is 5.79. The zero-order valence-corrected chi connectivity index (χ0v) is 11.2. The Morgan fingerprint density at radius 2 is 2.16 bits per heavy atom. The average molecular weight is 255 g/mol. The van der Waals surface area contributed by atoms with Gasteiger partial charge in [0.25, 0.3) is 0 Å². The fraction of sp³-hybridized carbons (Fsp3) is 0.250. The maximum absolute atomic E-state index is 8.00. The summed E-state index contributed by atoms with van der Waals surface area (Å²) in [5.41, 5.74) is 1.99. The number of aromatic nitrogens is 1. The molecule has 0 saturated carbocycles. The monoisotopic (exact) mass is 255 g/mol. The molecule has 3 nitrogen and oxygen atoms in total. The summed E-state index contributed by atoms with van der Waals surface area (Å²) in [6.07, 6.45) is 1.77. The summed E-state index contributed by atoms with van der Waals surface area (Å²) in [6, 6.07) is 10.0. The zero-order valence-electron chi connectivity index (χ0n) is 11.2. The first kappa shape index (κ1) is 14.9. The molecule has 0 bridgehead atoms. The van der Waals surface area contributed by atoms with E-state index in [-0.39, 0.29) is 6.10 Å². The summed E-state index contributed by atoms with van der Waals surface area (Å²) in [6.45, 7) is 6.62. The van der Waals surface area contributed by atoms with Crippen molar-refractivity contribution in [2.24, 2.45) is 0 Å². The second-order valence-electron chi connectivity index (χ2n) is 3.78. The predicted octanol–water partition coefficient (Wildman–Crippen LogP) is 2.83. The second kappa shape index (κ2) is 8.02. The Morgan fingerprint density at radius 3 is 2.89 bits per heavy atom. The van der Waals surface area contributed by atoms with Gasteiger partial charge < -0.3 is 9.53 Å². The second-order valence-corrected chi connectivity index (χ2v) is 3.78. The molecule has 0 fully saturated rings. The minimum absolute atomic E-state index is 0.0235. The highest BCUT2D eigenvalue weighted by Gasteiger charge is 1.95. The van der Waals surface area contributed by atoms with Crippen molar-refractivity contribution in [1.82, 2.24) is 4.98 Å². The Hall–Kier alpha value is -2.18. The highest BCUT2D eigenvalue weighted by Crippen LogP contribution is 2.12. The first-order chi connectivity index (χ1) is 9.29. The lowest BCUT2D eigenvalue weighted by atomic mass is 10.1. The minimum Gasteiger partial charge on any atom is -0.366 e. The molecule has 1 heterocycles. The normalized spacial score (nSPS) is 10.8. The van der Waals surface area contributed by atoms with E-state index in [0.717, 1.165) is 16.5 Å². The summed E-state index contributed by atoms with van der Waals surface area (Å²) >= 11 is 0. The molecular formula is C16H17NO2. The molecular weight excluding hydrogens is 238 g/mol. The smallest absolute Gasteiger partial charge is 0.115 e. The van der Waals surface area contributed by atoms with Gasteiger partial charge in [-0.05, 0) is 38.1 Å². The third-order valence-electron chi connectivity index (χ3n) is 2.44. The van der Waals surface area contributed by atoms with E-state index < -0.39 is 0 Å². The number of nitrogens with zero attached hydrogens (tertiary/aromatic N) is 1. The van der Waals surface area contributed by atoms with E-state index >= 15 is 0 Å². The van der Waals surface area contributed by atoms with Crippen molar-refractivity contribution >= 4 is 17.7 Å². The molecule has 0 spiro atoms. The van der Waals surface area contributed by atoms with Gasteiger partial charge in [-0.25, -0.2) is 0 Å². The van der Waals surface area contributed by atoms with Crippen molar-refractivity contribution in [2.45, 2.75) is 20.0 Å². The highest BCUT2D eigenvalue weighted by atomic mass is 16.5. The lowest BCUT2D eigenvalue weighted by molar-refractivity contribution is -0.0979. The molecule has 1 aromatic heterocycles. The van der Waals surface area contributed by atoms with Gasteiger partial charge in [0.1, 0.15) is 12.9 Å². The fourth-order valence-electron chi connectivity index (χ4n) is 1.63.